The van der Waals surface area contributed by atoms with Gasteiger partial charge in [-0.15, -0.1) is 11.8 Å². The maximum atomic E-state index is 12.5. The maximum Gasteiger partial charge on any atom is 0.353 e. The van der Waals surface area contributed by atoms with E-state index >= 15 is 0 Å². The first-order valence-corrected chi connectivity index (χ1v) is 12.7. The van der Waals surface area contributed by atoms with Gasteiger partial charge in [0.2, 0.25) is 15.9 Å². The lowest BCUT2D eigenvalue weighted by atomic mass is 9.79. The highest BCUT2D eigenvalue weighted by molar-refractivity contribution is 8.03. The van der Waals surface area contributed by atoms with Crippen LogP contribution in [0.2, 0.25) is 0 Å². The van der Waals surface area contributed by atoms with Gasteiger partial charge in [-0.05, 0) is 13.3 Å². The Morgan fingerprint density at radius 2 is 2.16 bits per heavy atom. The van der Waals surface area contributed by atoms with Gasteiger partial charge in [-0.25, -0.2) is 17.9 Å². The maximum absolute atomic E-state index is 12.5. The van der Waals surface area contributed by atoms with Crippen molar-refractivity contribution in [3.8, 4) is 0 Å². The first kappa shape index (κ1) is 24.0. The van der Waals surface area contributed by atoms with Crippen LogP contribution in [0.5, 0.6) is 0 Å². The number of aliphatic hydroxyl groups excluding tert-OH is 1. The number of fused-ring (bicyclic) bond motifs is 1. The molecule has 31 heavy (non-hydrogen) atoms. The number of carbonyl (C=O) groups excluding carboxylic acids is 1. The number of nitrogens with zero attached hydrogens (tertiary/aromatic N) is 2. The minimum Gasteiger partial charge on any atom is -0.477 e. The van der Waals surface area contributed by atoms with Crippen LogP contribution in [0, 0.1) is 11.8 Å². The molecule has 1 amide bonds. The molecule has 4 N–H and O–H groups in total. The molecule has 13 heteroatoms. The lowest BCUT2D eigenvalue weighted by molar-refractivity contribution is -0.163. The Hall–Kier alpha value is -1.67. The van der Waals surface area contributed by atoms with Gasteiger partial charge in [0.15, 0.2) is 0 Å². The van der Waals surface area contributed by atoms with Crippen molar-refractivity contribution >= 4 is 39.4 Å². The van der Waals surface area contributed by atoms with Crippen molar-refractivity contribution in [2.75, 3.05) is 26.5 Å². The van der Waals surface area contributed by atoms with Crippen LogP contribution in [0.25, 0.3) is 0 Å². The summed E-state index contributed by atoms with van der Waals surface area (Å²) in [5, 5.41) is 26.9. The average molecular weight is 477 g/mol. The fraction of sp³-hybridized carbons (Fsp3) is 0.722. The van der Waals surface area contributed by atoms with Crippen molar-refractivity contribution in [3.63, 3.8) is 0 Å². The molecule has 0 unspecified atom stereocenters. The van der Waals surface area contributed by atoms with Crippen LogP contribution in [-0.2, 0) is 24.4 Å². The highest BCUT2D eigenvalue weighted by Gasteiger charge is 2.60. The molecule has 3 heterocycles. The van der Waals surface area contributed by atoms with Gasteiger partial charge in [0.25, 0.3) is 0 Å². The summed E-state index contributed by atoms with van der Waals surface area (Å²) in [5.74, 6) is -2.31. The second kappa shape index (κ2) is 9.06. The van der Waals surface area contributed by atoms with E-state index in [0.29, 0.717) is 23.6 Å². The number of oxime groups is 1. The predicted molar refractivity (Wildman–Crippen MR) is 115 cm³/mol. The molecule has 3 rings (SSSR count). The molecule has 0 aromatic carbocycles. The molecule has 174 valence electrons. The van der Waals surface area contributed by atoms with Crippen LogP contribution in [0.15, 0.2) is 15.8 Å². The van der Waals surface area contributed by atoms with E-state index in [2.05, 4.69) is 15.2 Å². The topological polar surface area (TPSA) is 158 Å². The Morgan fingerprint density at radius 3 is 2.71 bits per heavy atom. The number of carboxylic acids is 1. The number of carbonyl (C=O) groups is 2. The van der Waals surface area contributed by atoms with Crippen molar-refractivity contribution in [1.29, 1.82) is 0 Å². The summed E-state index contributed by atoms with van der Waals surface area (Å²) in [7, 11) is -2.02. The normalized spacial score (nSPS) is 32.2. The quantitative estimate of drug-likeness (QED) is 0.189. The molecule has 0 spiro atoms. The summed E-state index contributed by atoms with van der Waals surface area (Å²) in [6.45, 7) is 3.98. The van der Waals surface area contributed by atoms with Crippen molar-refractivity contribution in [1.82, 2.24) is 14.9 Å². The number of β-lactam (4-membered cyclic amide) rings is 1. The van der Waals surface area contributed by atoms with Gasteiger partial charge < -0.3 is 25.3 Å². The van der Waals surface area contributed by atoms with Gasteiger partial charge in [-0.3, -0.25) is 4.79 Å². The zero-order chi connectivity index (χ0) is 23.1. The van der Waals surface area contributed by atoms with Crippen molar-refractivity contribution in [2.45, 2.75) is 43.7 Å². The number of nitrogens with one attached hydrogen (secondary N) is 2. The summed E-state index contributed by atoms with van der Waals surface area (Å²) in [6, 6.07) is -0.586. The van der Waals surface area contributed by atoms with E-state index in [9.17, 15) is 28.2 Å². The first-order chi connectivity index (χ1) is 14.5. The van der Waals surface area contributed by atoms with Crippen LogP contribution in [-0.4, -0.2) is 91.0 Å². The molecular formula is C18H28N4O7S2. The lowest BCUT2D eigenvalue weighted by Crippen LogP contribution is -2.63. The van der Waals surface area contributed by atoms with Gasteiger partial charge in [0.05, 0.1) is 42.6 Å². The molecule has 0 radical (unpaired) electrons. The predicted octanol–water partition coefficient (Wildman–Crippen LogP) is -0.845. The number of thioether (sulfide) groups is 1. The molecule has 6 atom stereocenters. The van der Waals surface area contributed by atoms with E-state index in [1.54, 1.807) is 6.92 Å². The molecule has 0 aromatic rings. The SMILES string of the molecule is CO/N=C(\CNS(C)(=O)=O)[C@@H]1C[C@H](SC2=C(C(=O)O)N3C(=O)[C@H]([C@@H](C)O)[C@H]3[C@H]2C)CN1. The number of carboxylic acid groups (broad SMARTS) is 1. The minimum atomic E-state index is -3.40. The van der Waals surface area contributed by atoms with E-state index in [0.717, 1.165) is 6.26 Å². The largest absolute Gasteiger partial charge is 0.477 e. The Labute approximate surface area is 185 Å². The molecule has 3 aliphatic rings. The molecule has 0 saturated carbocycles. The highest BCUT2D eigenvalue weighted by atomic mass is 32.2. The van der Waals surface area contributed by atoms with Gasteiger partial charge in [-0.1, -0.05) is 12.1 Å². The summed E-state index contributed by atoms with van der Waals surface area (Å²) < 4.78 is 25.2. The molecule has 3 aliphatic heterocycles. The summed E-state index contributed by atoms with van der Waals surface area (Å²) in [5.41, 5.74) is 0.494. The number of sulfonamides is 1. The van der Waals surface area contributed by atoms with E-state index in [1.165, 1.54) is 23.8 Å². The third kappa shape index (κ3) is 4.75. The Balaban J connectivity index is 1.73. The van der Waals surface area contributed by atoms with Crippen molar-refractivity contribution in [3.05, 3.63) is 10.6 Å². The summed E-state index contributed by atoms with van der Waals surface area (Å²) >= 11 is 1.41. The van der Waals surface area contributed by atoms with E-state index in [1.807, 2.05) is 6.92 Å². The number of aliphatic carboxylic acids is 1. The molecule has 2 saturated heterocycles. The Bertz CT molecular complexity index is 918. The van der Waals surface area contributed by atoms with E-state index < -0.39 is 28.0 Å². The fourth-order valence-corrected chi connectivity index (χ4v) is 6.34. The van der Waals surface area contributed by atoms with Crippen LogP contribution < -0.4 is 10.0 Å². The number of rotatable bonds is 9. The van der Waals surface area contributed by atoms with E-state index in [-0.39, 0.29) is 41.4 Å². The monoisotopic (exact) mass is 476 g/mol. The second-order valence-corrected chi connectivity index (χ2v) is 11.2. The van der Waals surface area contributed by atoms with Crippen LogP contribution >= 0.6 is 11.8 Å². The van der Waals surface area contributed by atoms with Crippen molar-refractivity contribution < 1.29 is 33.1 Å². The van der Waals surface area contributed by atoms with Gasteiger partial charge >= 0.3 is 5.97 Å². The lowest BCUT2D eigenvalue weighted by Gasteiger charge is -2.46. The number of hydrogen-bond acceptors (Lipinski definition) is 9. The molecule has 0 aliphatic carbocycles. The molecule has 0 bridgehead atoms. The highest BCUT2D eigenvalue weighted by Crippen LogP contribution is 2.51. The molecular weight excluding hydrogens is 448 g/mol. The number of hydrogen-bond donors (Lipinski definition) is 4. The van der Waals surface area contributed by atoms with Gasteiger partial charge in [-0.2, -0.15) is 0 Å². The van der Waals surface area contributed by atoms with Crippen LogP contribution in [0.1, 0.15) is 20.3 Å². The average Bonchev–Trinajstić information content (AvgIpc) is 3.20. The molecule has 2 fully saturated rings. The van der Waals surface area contributed by atoms with Crippen LogP contribution in [0.4, 0.5) is 0 Å². The number of amides is 1. The van der Waals surface area contributed by atoms with Gasteiger partial charge in [0.1, 0.15) is 12.8 Å². The number of aliphatic hydroxyl groups is 1. The fourth-order valence-electron chi connectivity index (χ4n) is 4.45. The third-order valence-electron chi connectivity index (χ3n) is 5.82. The Morgan fingerprint density at radius 1 is 1.48 bits per heavy atom. The smallest absolute Gasteiger partial charge is 0.353 e. The zero-order valence-corrected chi connectivity index (χ0v) is 19.4. The Kier molecular flexibility index (Phi) is 7.01. The zero-order valence-electron chi connectivity index (χ0n) is 17.7. The van der Waals surface area contributed by atoms with Gasteiger partial charge in [0, 0.05) is 22.6 Å². The van der Waals surface area contributed by atoms with Crippen molar-refractivity contribution in [2.24, 2.45) is 17.0 Å². The molecule has 11 nitrogen and oxygen atoms in total. The first-order valence-electron chi connectivity index (χ1n) is 9.89. The summed E-state index contributed by atoms with van der Waals surface area (Å²) in [4.78, 5) is 31.2. The molecule has 0 aromatic heterocycles. The van der Waals surface area contributed by atoms with Crippen LogP contribution in [0.3, 0.4) is 0 Å². The second-order valence-electron chi connectivity index (χ2n) is 8.07. The van der Waals surface area contributed by atoms with E-state index in [4.69, 9.17) is 4.84 Å². The third-order valence-corrected chi connectivity index (χ3v) is 8.00. The summed E-state index contributed by atoms with van der Waals surface area (Å²) in [6.07, 6.45) is 0.799. The minimum absolute atomic E-state index is 0.00161. The standard InChI is InChI=1S/C18H28N4O7S2/c1-8-14-13(9(2)23)17(24)22(14)15(18(25)26)16(8)30-10-5-11(19-6-10)12(21-29-3)7-20-31(4,27)28/h8-11,13-14,19-20,23H,5-7H2,1-4H3,(H,25,26)/b21-12+/t8-,9-,10+,11+,13-,14-/m1/s1.